The van der Waals surface area contributed by atoms with Gasteiger partial charge >= 0.3 is 6.18 Å². The second-order valence-corrected chi connectivity index (χ2v) is 7.41. The minimum atomic E-state index is -4.70. The van der Waals surface area contributed by atoms with Crippen molar-refractivity contribution in [2.45, 2.75) is 31.0 Å². The van der Waals surface area contributed by atoms with Crippen LogP contribution in [-0.4, -0.2) is 21.6 Å². The lowest BCUT2D eigenvalue weighted by Gasteiger charge is -2.44. The van der Waals surface area contributed by atoms with Gasteiger partial charge in [0.1, 0.15) is 17.1 Å². The molecule has 1 saturated carbocycles. The van der Waals surface area contributed by atoms with Gasteiger partial charge in [-0.3, -0.25) is 10.3 Å². The lowest BCUT2D eigenvalue weighted by molar-refractivity contribution is -0.137. The number of anilines is 2. The third-order valence-corrected chi connectivity index (χ3v) is 5.82. The Hall–Kier alpha value is -3.12. The molecule has 0 unspecified atom stereocenters. The van der Waals surface area contributed by atoms with Crippen LogP contribution in [0, 0.1) is 16.7 Å². The summed E-state index contributed by atoms with van der Waals surface area (Å²) in [6.45, 7) is 0. The van der Waals surface area contributed by atoms with Gasteiger partial charge in [0.25, 0.3) is 0 Å². The van der Waals surface area contributed by atoms with E-state index in [1.165, 1.54) is 23.1 Å². The van der Waals surface area contributed by atoms with Gasteiger partial charge in [0.15, 0.2) is 5.11 Å². The summed E-state index contributed by atoms with van der Waals surface area (Å²) >= 11 is 5.59. The van der Waals surface area contributed by atoms with Crippen molar-refractivity contribution in [1.29, 1.82) is 10.7 Å². The van der Waals surface area contributed by atoms with Crippen LogP contribution in [0.3, 0.4) is 0 Å². The summed E-state index contributed by atoms with van der Waals surface area (Å²) in [6.07, 6.45) is -2.54. The maximum atomic E-state index is 13.4. The van der Waals surface area contributed by atoms with Crippen LogP contribution in [-0.2, 0) is 6.18 Å². The molecule has 2 aromatic carbocycles. The Bertz CT molecular complexity index is 1050. The van der Waals surface area contributed by atoms with Gasteiger partial charge in [-0.1, -0.05) is 0 Å². The van der Waals surface area contributed by atoms with E-state index in [0.29, 0.717) is 18.5 Å². The largest absolute Gasteiger partial charge is 0.508 e. The summed E-state index contributed by atoms with van der Waals surface area (Å²) in [4.78, 5) is 3.11. The van der Waals surface area contributed by atoms with Crippen LogP contribution in [0.15, 0.2) is 42.5 Å². The van der Waals surface area contributed by atoms with Crippen molar-refractivity contribution in [1.82, 2.24) is 0 Å². The van der Waals surface area contributed by atoms with Crippen molar-refractivity contribution in [3.05, 3.63) is 53.6 Å². The highest BCUT2D eigenvalue weighted by atomic mass is 32.1. The molecule has 1 saturated heterocycles. The second-order valence-electron chi connectivity index (χ2n) is 7.04. The minimum absolute atomic E-state index is 0.0790. The summed E-state index contributed by atoms with van der Waals surface area (Å²) in [5.41, 5.74) is -1.51. The van der Waals surface area contributed by atoms with Gasteiger partial charge in [-0.25, -0.2) is 0 Å². The quantitative estimate of drug-likeness (QED) is 0.689. The average molecular weight is 416 g/mol. The number of rotatable bonds is 2. The first-order chi connectivity index (χ1) is 13.7. The zero-order valence-corrected chi connectivity index (χ0v) is 15.8. The van der Waals surface area contributed by atoms with Gasteiger partial charge in [-0.15, -0.1) is 0 Å². The van der Waals surface area contributed by atoms with Crippen molar-refractivity contribution < 1.29 is 18.3 Å². The molecule has 0 radical (unpaired) electrons. The number of alkyl halides is 3. The normalized spacial score (nSPS) is 18.1. The molecule has 2 aliphatic rings. The van der Waals surface area contributed by atoms with Crippen LogP contribution < -0.4 is 9.80 Å². The molecule has 0 bridgehead atoms. The van der Waals surface area contributed by atoms with Crippen LogP contribution >= 0.6 is 12.2 Å². The van der Waals surface area contributed by atoms with Gasteiger partial charge in [0.05, 0.1) is 22.9 Å². The number of phenols is 1. The number of hydrogen-bond donors (Lipinski definition) is 2. The first-order valence-electron chi connectivity index (χ1n) is 8.83. The van der Waals surface area contributed by atoms with Crippen molar-refractivity contribution >= 4 is 34.5 Å². The van der Waals surface area contributed by atoms with Crippen molar-refractivity contribution in [3.8, 4) is 11.8 Å². The van der Waals surface area contributed by atoms with E-state index in [1.807, 2.05) is 0 Å². The SMILES string of the molecule is N#Cc1ccc(N2C(=N)C3(CCC3)N(c3ccc(O)cc3)C2=S)cc1C(F)(F)F. The molecule has 0 aromatic heterocycles. The van der Waals surface area contributed by atoms with Gasteiger partial charge in [-0.2, -0.15) is 18.4 Å². The van der Waals surface area contributed by atoms with Crippen molar-refractivity contribution in [3.63, 3.8) is 0 Å². The molecule has 5 nitrogen and oxygen atoms in total. The van der Waals surface area contributed by atoms with E-state index >= 15 is 0 Å². The van der Waals surface area contributed by atoms with Gasteiger partial charge in [-0.05, 0) is 73.9 Å². The molecule has 1 aliphatic heterocycles. The van der Waals surface area contributed by atoms with Crippen LogP contribution in [0.5, 0.6) is 5.75 Å². The smallest absolute Gasteiger partial charge is 0.417 e. The Labute approximate surface area is 170 Å². The fourth-order valence-corrected chi connectivity index (χ4v) is 4.34. The van der Waals surface area contributed by atoms with Crippen molar-refractivity contribution in [2.75, 3.05) is 9.80 Å². The van der Waals surface area contributed by atoms with Gasteiger partial charge in [0, 0.05) is 5.69 Å². The number of thiocarbonyl (C=S) groups is 1. The molecular weight excluding hydrogens is 401 g/mol. The Kier molecular flexibility index (Phi) is 4.28. The highest BCUT2D eigenvalue weighted by molar-refractivity contribution is 7.81. The third-order valence-electron chi connectivity index (χ3n) is 5.45. The molecule has 2 N–H and O–H groups in total. The summed E-state index contributed by atoms with van der Waals surface area (Å²) in [7, 11) is 0. The summed E-state index contributed by atoms with van der Waals surface area (Å²) < 4.78 is 40.2. The lowest BCUT2D eigenvalue weighted by atomic mass is 9.75. The number of aromatic hydroxyl groups is 1. The predicted molar refractivity (Wildman–Crippen MR) is 106 cm³/mol. The second kappa shape index (κ2) is 6.46. The van der Waals surface area contributed by atoms with Crippen LogP contribution in [0.1, 0.15) is 30.4 Å². The average Bonchev–Trinajstić information content (AvgIpc) is 2.88. The molecular formula is C20H15F3N4OS. The number of halogens is 3. The zero-order chi connectivity index (χ0) is 21.0. The van der Waals surface area contributed by atoms with Crippen LogP contribution in [0.2, 0.25) is 0 Å². The number of nitriles is 1. The summed E-state index contributed by atoms with van der Waals surface area (Å²) in [6, 6.07) is 11.2. The number of phenolic OH excluding ortho intramolecular Hbond substituents is 1. The standard InChI is InChI=1S/C20H15F3N4OS/c21-20(22,23)16-10-14(3-2-12(16)11-24)26-17(25)19(8-1-9-19)27(18(26)29)13-4-6-15(28)7-5-13/h2-7,10,25,28H,1,8-9H2. The molecule has 29 heavy (non-hydrogen) atoms. The van der Waals surface area contributed by atoms with Gasteiger partial charge in [0.2, 0.25) is 0 Å². The van der Waals surface area contributed by atoms with E-state index in [0.717, 1.165) is 18.6 Å². The molecule has 1 aliphatic carbocycles. The van der Waals surface area contributed by atoms with Crippen LogP contribution in [0.4, 0.5) is 24.5 Å². The van der Waals surface area contributed by atoms with E-state index in [-0.39, 0.29) is 22.4 Å². The number of nitrogens with zero attached hydrogens (tertiary/aromatic N) is 3. The molecule has 148 valence electrons. The van der Waals surface area contributed by atoms with E-state index in [1.54, 1.807) is 23.1 Å². The fourth-order valence-electron chi connectivity index (χ4n) is 3.87. The molecule has 2 fully saturated rings. The highest BCUT2D eigenvalue weighted by Crippen LogP contribution is 2.48. The van der Waals surface area contributed by atoms with E-state index in [2.05, 4.69) is 0 Å². The molecule has 9 heteroatoms. The van der Waals surface area contributed by atoms with E-state index in [9.17, 15) is 18.3 Å². The number of amidine groups is 1. The summed E-state index contributed by atoms with van der Waals surface area (Å²) in [5.74, 6) is 0.190. The summed E-state index contributed by atoms with van der Waals surface area (Å²) in [5, 5.41) is 27.5. The lowest BCUT2D eigenvalue weighted by Crippen LogP contribution is -2.55. The fraction of sp³-hybridized carbons (Fsp3) is 0.250. The molecule has 2 aromatic rings. The van der Waals surface area contributed by atoms with E-state index in [4.69, 9.17) is 22.9 Å². The highest BCUT2D eigenvalue weighted by Gasteiger charge is 2.57. The number of nitrogens with one attached hydrogen (secondary N) is 1. The monoisotopic (exact) mass is 416 g/mol. The molecule has 4 rings (SSSR count). The topological polar surface area (TPSA) is 74.4 Å². The van der Waals surface area contributed by atoms with Crippen molar-refractivity contribution in [2.24, 2.45) is 0 Å². The van der Waals surface area contributed by atoms with E-state index < -0.39 is 22.8 Å². The maximum Gasteiger partial charge on any atom is 0.417 e. The minimum Gasteiger partial charge on any atom is -0.508 e. The molecule has 0 atom stereocenters. The first kappa shape index (κ1) is 19.2. The Morgan fingerprint density at radius 3 is 2.24 bits per heavy atom. The maximum absolute atomic E-state index is 13.4. The Balaban J connectivity index is 1.82. The van der Waals surface area contributed by atoms with Gasteiger partial charge < -0.3 is 10.0 Å². The number of benzene rings is 2. The molecule has 0 amide bonds. The number of hydrogen-bond acceptors (Lipinski definition) is 4. The Morgan fingerprint density at radius 1 is 1.10 bits per heavy atom. The van der Waals surface area contributed by atoms with Crippen LogP contribution in [0.25, 0.3) is 0 Å². The molecule has 1 spiro atoms. The zero-order valence-electron chi connectivity index (χ0n) is 15.0. The molecule has 1 heterocycles. The third kappa shape index (κ3) is 2.83. The predicted octanol–water partition coefficient (Wildman–Crippen LogP) is 4.79. The first-order valence-corrected chi connectivity index (χ1v) is 9.23. The Morgan fingerprint density at radius 2 is 1.72 bits per heavy atom.